The van der Waals surface area contributed by atoms with E-state index in [1.54, 1.807) is 12.1 Å². The van der Waals surface area contributed by atoms with Gasteiger partial charge in [-0.05, 0) is 49.2 Å². The highest BCUT2D eigenvalue weighted by Crippen LogP contribution is 2.39. The number of ether oxygens (including phenoxy) is 1. The zero-order valence-corrected chi connectivity index (χ0v) is 14.4. The lowest BCUT2D eigenvalue weighted by atomic mass is 9.83. The van der Waals surface area contributed by atoms with Gasteiger partial charge in [-0.15, -0.1) is 0 Å². The molecule has 1 aliphatic heterocycles. The lowest BCUT2D eigenvalue weighted by Gasteiger charge is -2.35. The van der Waals surface area contributed by atoms with Crippen molar-refractivity contribution < 1.29 is 18.6 Å². The van der Waals surface area contributed by atoms with Crippen molar-refractivity contribution in [3.63, 3.8) is 0 Å². The van der Waals surface area contributed by atoms with Crippen molar-refractivity contribution in [3.8, 4) is 5.75 Å². The minimum absolute atomic E-state index is 0.000767. The Morgan fingerprint density at radius 3 is 2.56 bits per heavy atom. The molecular formula is C19H20ClF2NO2. The molecule has 0 radical (unpaired) electrons. The van der Waals surface area contributed by atoms with Gasteiger partial charge in [-0.3, -0.25) is 0 Å². The summed E-state index contributed by atoms with van der Waals surface area (Å²) in [6.07, 6.45) is 1.12. The first-order valence-corrected chi connectivity index (χ1v) is 8.67. The quantitative estimate of drug-likeness (QED) is 0.765. The molecule has 0 bridgehead atoms. The minimum atomic E-state index is -0.550. The van der Waals surface area contributed by atoms with Gasteiger partial charge in [-0.2, -0.15) is 0 Å². The SMILES string of the molecule is OCCCN[C@H]1COc2c(F)ccc(F)c2[C@@H]1Cc1ccc(Cl)cc1. The molecule has 1 heterocycles. The first kappa shape index (κ1) is 18.1. The molecule has 1 aliphatic rings. The number of hydrogen-bond acceptors (Lipinski definition) is 3. The average Bonchev–Trinajstić information content (AvgIpc) is 2.61. The first-order valence-electron chi connectivity index (χ1n) is 8.29. The number of nitrogens with one attached hydrogen (secondary N) is 1. The number of halogens is 3. The number of benzene rings is 2. The second kappa shape index (κ2) is 8.13. The van der Waals surface area contributed by atoms with E-state index in [2.05, 4.69) is 5.32 Å². The van der Waals surface area contributed by atoms with Gasteiger partial charge in [-0.25, -0.2) is 8.78 Å². The normalized spacial score (nSPS) is 19.4. The predicted octanol–water partition coefficient (Wildman–Crippen LogP) is 3.68. The van der Waals surface area contributed by atoms with E-state index >= 15 is 0 Å². The molecule has 0 spiro atoms. The van der Waals surface area contributed by atoms with E-state index in [1.165, 1.54) is 0 Å². The van der Waals surface area contributed by atoms with Gasteiger partial charge in [0.05, 0.1) is 0 Å². The van der Waals surface area contributed by atoms with Crippen LogP contribution in [0.3, 0.4) is 0 Å². The van der Waals surface area contributed by atoms with Crippen molar-refractivity contribution in [2.75, 3.05) is 19.8 Å². The Kier molecular flexibility index (Phi) is 5.89. The molecule has 0 aromatic heterocycles. The monoisotopic (exact) mass is 367 g/mol. The molecule has 0 saturated carbocycles. The van der Waals surface area contributed by atoms with Gasteiger partial charge in [-0.1, -0.05) is 23.7 Å². The van der Waals surface area contributed by atoms with Crippen LogP contribution < -0.4 is 10.1 Å². The maximum Gasteiger partial charge on any atom is 0.165 e. The summed E-state index contributed by atoms with van der Waals surface area (Å²) in [4.78, 5) is 0. The third-order valence-corrected chi connectivity index (χ3v) is 4.72. The van der Waals surface area contributed by atoms with E-state index < -0.39 is 11.6 Å². The Balaban J connectivity index is 1.92. The molecule has 6 heteroatoms. The first-order chi connectivity index (χ1) is 12.1. The van der Waals surface area contributed by atoms with Crippen LogP contribution in [-0.2, 0) is 6.42 Å². The lowest BCUT2D eigenvalue weighted by Crippen LogP contribution is -2.44. The summed E-state index contributed by atoms with van der Waals surface area (Å²) in [7, 11) is 0. The standard InChI is InChI=1S/C19H20ClF2NO2/c20-13-4-2-12(3-5-13)10-14-17(23-8-1-9-24)11-25-19-16(22)7-6-15(21)18(14)19/h2-7,14,17,23-24H,1,8-11H2/t14-,17+/m1/s1. The highest BCUT2D eigenvalue weighted by molar-refractivity contribution is 6.30. The van der Waals surface area contributed by atoms with Gasteiger partial charge in [0.2, 0.25) is 0 Å². The van der Waals surface area contributed by atoms with Gasteiger partial charge in [0, 0.05) is 29.2 Å². The van der Waals surface area contributed by atoms with E-state index in [0.717, 1.165) is 17.7 Å². The third kappa shape index (κ3) is 4.11. The van der Waals surface area contributed by atoms with E-state index in [1.807, 2.05) is 12.1 Å². The molecule has 2 N–H and O–H groups in total. The summed E-state index contributed by atoms with van der Waals surface area (Å²) in [6.45, 7) is 0.896. The molecule has 134 valence electrons. The van der Waals surface area contributed by atoms with Crippen LogP contribution >= 0.6 is 11.6 Å². The Bertz CT molecular complexity index is 724. The zero-order valence-electron chi connectivity index (χ0n) is 13.6. The molecule has 3 rings (SSSR count). The number of rotatable bonds is 6. The summed E-state index contributed by atoms with van der Waals surface area (Å²) < 4.78 is 34.1. The number of fused-ring (bicyclic) bond motifs is 1. The van der Waals surface area contributed by atoms with E-state index in [4.69, 9.17) is 21.4 Å². The number of hydrogen-bond donors (Lipinski definition) is 2. The maximum absolute atomic E-state index is 14.5. The van der Waals surface area contributed by atoms with Crippen molar-refractivity contribution in [2.45, 2.75) is 24.8 Å². The van der Waals surface area contributed by atoms with Crippen molar-refractivity contribution in [1.82, 2.24) is 5.32 Å². The highest BCUT2D eigenvalue weighted by Gasteiger charge is 2.35. The van der Waals surface area contributed by atoms with Gasteiger partial charge in [0.15, 0.2) is 11.6 Å². The smallest absolute Gasteiger partial charge is 0.165 e. The van der Waals surface area contributed by atoms with Crippen LogP contribution in [0.25, 0.3) is 0 Å². The van der Waals surface area contributed by atoms with Crippen LogP contribution in [0, 0.1) is 11.6 Å². The van der Waals surface area contributed by atoms with E-state index in [9.17, 15) is 8.78 Å². The van der Waals surface area contributed by atoms with Gasteiger partial charge in [0.1, 0.15) is 12.4 Å². The van der Waals surface area contributed by atoms with E-state index in [-0.39, 0.29) is 36.5 Å². The van der Waals surface area contributed by atoms with Crippen LogP contribution in [0.2, 0.25) is 5.02 Å². The lowest BCUT2D eigenvalue weighted by molar-refractivity contribution is 0.195. The molecule has 25 heavy (non-hydrogen) atoms. The van der Waals surface area contributed by atoms with Crippen molar-refractivity contribution in [3.05, 3.63) is 64.2 Å². The minimum Gasteiger partial charge on any atom is -0.488 e. The van der Waals surface area contributed by atoms with Crippen LogP contribution in [0.15, 0.2) is 36.4 Å². The van der Waals surface area contributed by atoms with Crippen LogP contribution in [0.5, 0.6) is 5.75 Å². The number of aliphatic hydroxyl groups excluding tert-OH is 1. The number of aliphatic hydroxyl groups is 1. The van der Waals surface area contributed by atoms with Crippen molar-refractivity contribution >= 4 is 11.6 Å². The molecule has 0 unspecified atom stereocenters. The fraction of sp³-hybridized carbons (Fsp3) is 0.368. The van der Waals surface area contributed by atoms with Crippen LogP contribution in [0.1, 0.15) is 23.5 Å². The highest BCUT2D eigenvalue weighted by atomic mass is 35.5. The summed E-state index contributed by atoms with van der Waals surface area (Å²) in [5.74, 6) is -1.30. The molecule has 0 aliphatic carbocycles. The molecule has 2 aromatic carbocycles. The zero-order chi connectivity index (χ0) is 17.8. The molecule has 3 nitrogen and oxygen atoms in total. The largest absolute Gasteiger partial charge is 0.488 e. The average molecular weight is 368 g/mol. The second-order valence-corrected chi connectivity index (χ2v) is 6.59. The third-order valence-electron chi connectivity index (χ3n) is 4.47. The molecule has 2 atom stereocenters. The molecular weight excluding hydrogens is 348 g/mol. The Labute approximate surface area is 150 Å². The van der Waals surface area contributed by atoms with E-state index in [0.29, 0.717) is 24.4 Å². The van der Waals surface area contributed by atoms with Crippen LogP contribution in [0.4, 0.5) is 8.78 Å². The fourth-order valence-corrected chi connectivity index (χ4v) is 3.34. The van der Waals surface area contributed by atoms with Crippen molar-refractivity contribution in [1.29, 1.82) is 0 Å². The summed E-state index contributed by atoms with van der Waals surface area (Å²) in [5, 5.41) is 12.9. The summed E-state index contributed by atoms with van der Waals surface area (Å²) in [5.41, 5.74) is 1.25. The maximum atomic E-state index is 14.5. The molecule has 0 amide bonds. The topological polar surface area (TPSA) is 41.5 Å². The Morgan fingerprint density at radius 1 is 1.12 bits per heavy atom. The molecule has 0 saturated heterocycles. The fourth-order valence-electron chi connectivity index (χ4n) is 3.22. The summed E-state index contributed by atoms with van der Waals surface area (Å²) in [6, 6.07) is 9.40. The van der Waals surface area contributed by atoms with Crippen molar-refractivity contribution in [2.24, 2.45) is 0 Å². The van der Waals surface area contributed by atoms with Crippen LogP contribution in [-0.4, -0.2) is 30.9 Å². The molecule has 0 fully saturated rings. The van der Waals surface area contributed by atoms with Gasteiger partial charge >= 0.3 is 0 Å². The molecule has 2 aromatic rings. The second-order valence-electron chi connectivity index (χ2n) is 6.16. The van der Waals surface area contributed by atoms with Gasteiger partial charge < -0.3 is 15.2 Å². The Morgan fingerprint density at radius 2 is 1.84 bits per heavy atom. The Hall–Kier alpha value is -1.69. The van der Waals surface area contributed by atoms with Gasteiger partial charge in [0.25, 0.3) is 0 Å². The summed E-state index contributed by atoms with van der Waals surface area (Å²) >= 11 is 5.93. The predicted molar refractivity (Wildman–Crippen MR) is 93.2 cm³/mol.